The van der Waals surface area contributed by atoms with Crippen LogP contribution < -0.4 is 5.32 Å². The molecule has 1 aromatic rings. The minimum absolute atomic E-state index is 0.360. The molecule has 1 aliphatic rings. The Bertz CT molecular complexity index is 431. The second-order valence-corrected chi connectivity index (χ2v) is 4.48. The number of carboxylic acid groups (broad SMARTS) is 1. The standard InChI is InChI=1S/C12H16FN3O2/c1-12(11(17)18,16-6-4-14-5-7-16)10-3-2-9(13)8-15-10/h2-3,8,14H,4-7H2,1H3,(H,17,18). The molecule has 1 atom stereocenters. The number of rotatable bonds is 3. The molecule has 0 saturated carbocycles. The largest absolute Gasteiger partial charge is 0.480 e. The Morgan fingerprint density at radius 1 is 1.50 bits per heavy atom. The number of nitrogens with zero attached hydrogens (tertiary/aromatic N) is 2. The third kappa shape index (κ3) is 2.21. The van der Waals surface area contributed by atoms with Crippen LogP contribution in [-0.2, 0) is 10.3 Å². The number of nitrogens with one attached hydrogen (secondary N) is 1. The van der Waals surface area contributed by atoms with Crippen LogP contribution in [-0.4, -0.2) is 47.1 Å². The van der Waals surface area contributed by atoms with Gasteiger partial charge in [-0.15, -0.1) is 0 Å². The maximum absolute atomic E-state index is 12.9. The number of carbonyl (C=O) groups is 1. The van der Waals surface area contributed by atoms with E-state index < -0.39 is 17.3 Å². The fraction of sp³-hybridized carbons (Fsp3) is 0.500. The number of piperazine rings is 1. The second kappa shape index (κ2) is 4.99. The summed E-state index contributed by atoms with van der Waals surface area (Å²) >= 11 is 0. The first-order valence-electron chi connectivity index (χ1n) is 5.86. The Kier molecular flexibility index (Phi) is 3.58. The van der Waals surface area contributed by atoms with Crippen molar-refractivity contribution in [2.45, 2.75) is 12.5 Å². The number of halogens is 1. The molecule has 1 unspecified atom stereocenters. The molecule has 6 heteroatoms. The fourth-order valence-electron chi connectivity index (χ4n) is 2.18. The maximum atomic E-state index is 12.9. The van der Waals surface area contributed by atoms with Gasteiger partial charge in [-0.2, -0.15) is 0 Å². The molecule has 1 aliphatic heterocycles. The number of pyridine rings is 1. The van der Waals surface area contributed by atoms with Crippen molar-refractivity contribution in [3.8, 4) is 0 Å². The van der Waals surface area contributed by atoms with Gasteiger partial charge in [-0.05, 0) is 19.1 Å². The van der Waals surface area contributed by atoms with Gasteiger partial charge in [-0.3, -0.25) is 9.88 Å². The van der Waals surface area contributed by atoms with Gasteiger partial charge in [0.25, 0.3) is 0 Å². The molecular formula is C12H16FN3O2. The molecule has 18 heavy (non-hydrogen) atoms. The van der Waals surface area contributed by atoms with E-state index in [4.69, 9.17) is 0 Å². The SMILES string of the molecule is CC(C(=O)O)(c1ccc(F)cn1)N1CCNCC1. The van der Waals surface area contributed by atoms with Crippen LogP contribution in [0.3, 0.4) is 0 Å². The van der Waals surface area contributed by atoms with E-state index >= 15 is 0 Å². The zero-order chi connectivity index (χ0) is 13.2. The molecule has 0 aliphatic carbocycles. The van der Waals surface area contributed by atoms with Crippen LogP contribution in [0.4, 0.5) is 4.39 Å². The molecule has 5 nitrogen and oxygen atoms in total. The summed E-state index contributed by atoms with van der Waals surface area (Å²) in [5.41, 5.74) is -0.853. The Morgan fingerprint density at radius 3 is 2.67 bits per heavy atom. The molecule has 1 fully saturated rings. The van der Waals surface area contributed by atoms with Crippen LogP contribution in [0.5, 0.6) is 0 Å². The van der Waals surface area contributed by atoms with Crippen molar-refractivity contribution in [2.24, 2.45) is 0 Å². The summed E-state index contributed by atoms with van der Waals surface area (Å²) in [5, 5.41) is 12.7. The van der Waals surface area contributed by atoms with E-state index in [0.717, 1.165) is 19.3 Å². The van der Waals surface area contributed by atoms with Gasteiger partial charge < -0.3 is 10.4 Å². The first-order chi connectivity index (χ1) is 8.55. The summed E-state index contributed by atoms with van der Waals surface area (Å²) in [7, 11) is 0. The predicted molar refractivity (Wildman–Crippen MR) is 63.6 cm³/mol. The minimum atomic E-state index is -1.21. The molecular weight excluding hydrogens is 237 g/mol. The number of hydrogen-bond acceptors (Lipinski definition) is 4. The highest BCUT2D eigenvalue weighted by molar-refractivity contribution is 5.79. The summed E-state index contributed by atoms with van der Waals surface area (Å²) in [6.07, 6.45) is 1.05. The van der Waals surface area contributed by atoms with E-state index in [-0.39, 0.29) is 0 Å². The Balaban J connectivity index is 2.36. The van der Waals surface area contributed by atoms with Crippen LogP contribution in [0.2, 0.25) is 0 Å². The lowest BCUT2D eigenvalue weighted by molar-refractivity contribution is -0.152. The van der Waals surface area contributed by atoms with Crippen LogP contribution in [0.1, 0.15) is 12.6 Å². The van der Waals surface area contributed by atoms with Crippen molar-refractivity contribution in [1.29, 1.82) is 0 Å². The first kappa shape index (κ1) is 12.9. The minimum Gasteiger partial charge on any atom is -0.480 e. The summed E-state index contributed by atoms with van der Waals surface area (Å²) in [4.78, 5) is 17.4. The smallest absolute Gasteiger partial charge is 0.330 e. The third-order valence-electron chi connectivity index (χ3n) is 3.39. The molecule has 0 bridgehead atoms. The lowest BCUT2D eigenvalue weighted by Crippen LogP contribution is -2.57. The number of aliphatic carboxylic acids is 1. The second-order valence-electron chi connectivity index (χ2n) is 4.48. The van der Waals surface area contributed by atoms with Gasteiger partial charge in [-0.25, -0.2) is 9.18 Å². The van der Waals surface area contributed by atoms with E-state index in [0.29, 0.717) is 18.8 Å². The predicted octanol–water partition coefficient (Wildman–Crippen LogP) is 0.426. The van der Waals surface area contributed by atoms with Crippen molar-refractivity contribution in [3.05, 3.63) is 29.8 Å². The zero-order valence-corrected chi connectivity index (χ0v) is 10.2. The molecule has 1 saturated heterocycles. The maximum Gasteiger partial charge on any atom is 0.330 e. The molecule has 2 rings (SSSR count). The Labute approximate surface area is 105 Å². The summed E-state index contributed by atoms with van der Waals surface area (Å²) in [6.45, 7) is 4.35. The number of carboxylic acids is 1. The highest BCUT2D eigenvalue weighted by Crippen LogP contribution is 2.27. The van der Waals surface area contributed by atoms with Gasteiger partial charge in [0.05, 0.1) is 11.9 Å². The third-order valence-corrected chi connectivity index (χ3v) is 3.39. The van der Waals surface area contributed by atoms with Crippen molar-refractivity contribution in [2.75, 3.05) is 26.2 Å². The average molecular weight is 253 g/mol. The lowest BCUT2D eigenvalue weighted by atomic mass is 9.94. The topological polar surface area (TPSA) is 65.5 Å². The van der Waals surface area contributed by atoms with E-state index in [1.165, 1.54) is 12.1 Å². The van der Waals surface area contributed by atoms with Gasteiger partial charge in [0.2, 0.25) is 0 Å². The Morgan fingerprint density at radius 2 is 2.17 bits per heavy atom. The van der Waals surface area contributed by atoms with Gasteiger partial charge in [0, 0.05) is 26.2 Å². The lowest BCUT2D eigenvalue weighted by Gasteiger charge is -2.39. The molecule has 0 spiro atoms. The summed E-state index contributed by atoms with van der Waals surface area (Å²) in [5.74, 6) is -1.43. The van der Waals surface area contributed by atoms with Gasteiger partial charge >= 0.3 is 5.97 Å². The van der Waals surface area contributed by atoms with Crippen molar-refractivity contribution < 1.29 is 14.3 Å². The summed E-state index contributed by atoms with van der Waals surface area (Å²) < 4.78 is 12.9. The summed E-state index contributed by atoms with van der Waals surface area (Å²) in [6, 6.07) is 2.68. The molecule has 98 valence electrons. The average Bonchev–Trinajstić information content (AvgIpc) is 2.39. The van der Waals surface area contributed by atoms with E-state index in [9.17, 15) is 14.3 Å². The molecule has 0 aromatic carbocycles. The van der Waals surface area contributed by atoms with E-state index in [1.807, 2.05) is 4.90 Å². The number of hydrogen-bond donors (Lipinski definition) is 2. The molecule has 0 radical (unpaired) electrons. The highest BCUT2D eigenvalue weighted by atomic mass is 19.1. The monoisotopic (exact) mass is 253 g/mol. The molecule has 2 heterocycles. The van der Waals surface area contributed by atoms with Crippen LogP contribution >= 0.6 is 0 Å². The van der Waals surface area contributed by atoms with E-state index in [2.05, 4.69) is 10.3 Å². The van der Waals surface area contributed by atoms with Gasteiger partial charge in [0.15, 0.2) is 5.54 Å². The molecule has 2 N–H and O–H groups in total. The molecule has 1 aromatic heterocycles. The van der Waals surface area contributed by atoms with E-state index in [1.54, 1.807) is 6.92 Å². The highest BCUT2D eigenvalue weighted by Gasteiger charge is 2.43. The van der Waals surface area contributed by atoms with Crippen LogP contribution in [0.15, 0.2) is 18.3 Å². The molecule has 0 amide bonds. The first-order valence-corrected chi connectivity index (χ1v) is 5.86. The number of aromatic nitrogens is 1. The van der Waals surface area contributed by atoms with Crippen LogP contribution in [0.25, 0.3) is 0 Å². The fourth-order valence-corrected chi connectivity index (χ4v) is 2.18. The van der Waals surface area contributed by atoms with Gasteiger partial charge in [0.1, 0.15) is 5.82 Å². The Hall–Kier alpha value is -1.53. The van der Waals surface area contributed by atoms with Crippen molar-refractivity contribution in [3.63, 3.8) is 0 Å². The quantitative estimate of drug-likeness (QED) is 0.817. The van der Waals surface area contributed by atoms with Crippen molar-refractivity contribution in [1.82, 2.24) is 15.2 Å². The zero-order valence-electron chi connectivity index (χ0n) is 10.2. The van der Waals surface area contributed by atoms with Crippen molar-refractivity contribution >= 4 is 5.97 Å². The van der Waals surface area contributed by atoms with Crippen LogP contribution in [0, 0.1) is 5.82 Å². The van der Waals surface area contributed by atoms with Gasteiger partial charge in [-0.1, -0.05) is 0 Å². The normalized spacial score (nSPS) is 20.3.